The highest BCUT2D eigenvalue weighted by atomic mass is 16.5. The third-order valence-corrected chi connectivity index (χ3v) is 5.72. The molecule has 28 heavy (non-hydrogen) atoms. The van der Waals surface area contributed by atoms with Gasteiger partial charge in [0.25, 0.3) is 0 Å². The molecule has 1 unspecified atom stereocenters. The zero-order valence-corrected chi connectivity index (χ0v) is 16.8. The highest BCUT2D eigenvalue weighted by Crippen LogP contribution is 2.28. The van der Waals surface area contributed by atoms with Gasteiger partial charge >= 0.3 is 0 Å². The van der Waals surface area contributed by atoms with E-state index in [2.05, 4.69) is 5.32 Å². The Labute approximate surface area is 167 Å². The average Bonchev–Trinajstić information content (AvgIpc) is 2.91. The Morgan fingerprint density at radius 2 is 1.96 bits per heavy atom. The van der Waals surface area contributed by atoms with Crippen molar-refractivity contribution in [1.82, 2.24) is 10.2 Å². The summed E-state index contributed by atoms with van der Waals surface area (Å²) in [6.45, 7) is 2.03. The fraction of sp³-hybridized carbons (Fsp3) is 0.636. The number of hydrogen-bond donors (Lipinski definition) is 1. The molecule has 1 heterocycles. The summed E-state index contributed by atoms with van der Waals surface area (Å²) in [4.78, 5) is 27.1. The third-order valence-electron chi connectivity index (χ3n) is 5.72. The van der Waals surface area contributed by atoms with Crippen LogP contribution in [0.2, 0.25) is 0 Å². The number of nitrogens with zero attached hydrogens (tertiary/aromatic N) is 1. The number of likely N-dealkylation sites (tertiary alicyclic amines) is 1. The van der Waals surface area contributed by atoms with Gasteiger partial charge in [-0.05, 0) is 30.5 Å². The van der Waals surface area contributed by atoms with Gasteiger partial charge < -0.3 is 19.7 Å². The quantitative estimate of drug-likeness (QED) is 0.549. The lowest BCUT2D eigenvalue weighted by Gasteiger charge is -2.27. The van der Waals surface area contributed by atoms with Crippen LogP contribution in [0.1, 0.15) is 50.5 Å². The third kappa shape index (κ3) is 5.71. The van der Waals surface area contributed by atoms with Gasteiger partial charge in [-0.15, -0.1) is 0 Å². The van der Waals surface area contributed by atoms with E-state index in [4.69, 9.17) is 9.47 Å². The number of ether oxygens (including phenoxy) is 2. The molecule has 1 saturated heterocycles. The molecule has 0 radical (unpaired) electrons. The number of benzene rings is 1. The van der Waals surface area contributed by atoms with Crippen LogP contribution in [-0.2, 0) is 20.9 Å². The van der Waals surface area contributed by atoms with Crippen molar-refractivity contribution in [2.45, 2.75) is 57.5 Å². The lowest BCUT2D eigenvalue weighted by atomic mass is 10.1. The van der Waals surface area contributed by atoms with Crippen molar-refractivity contribution in [3.05, 3.63) is 29.8 Å². The van der Waals surface area contributed by atoms with E-state index in [1.54, 1.807) is 7.11 Å². The molecule has 2 fully saturated rings. The van der Waals surface area contributed by atoms with Crippen molar-refractivity contribution in [3.63, 3.8) is 0 Å². The lowest BCUT2D eigenvalue weighted by molar-refractivity contribution is -0.130. The minimum absolute atomic E-state index is 0.0322. The molecule has 1 saturated carbocycles. The summed E-state index contributed by atoms with van der Waals surface area (Å²) in [5.41, 5.74) is 0.980. The summed E-state index contributed by atoms with van der Waals surface area (Å²) < 4.78 is 10.6. The van der Waals surface area contributed by atoms with E-state index in [9.17, 15) is 9.59 Å². The number of amides is 2. The molecular formula is C22H32N2O4. The summed E-state index contributed by atoms with van der Waals surface area (Å²) >= 11 is 0. The van der Waals surface area contributed by atoms with Gasteiger partial charge in [-0.2, -0.15) is 0 Å². The maximum absolute atomic E-state index is 12.6. The molecule has 2 aliphatic rings. The normalized spacial score (nSPS) is 20.8. The van der Waals surface area contributed by atoms with Gasteiger partial charge in [0.2, 0.25) is 11.8 Å². The van der Waals surface area contributed by atoms with E-state index >= 15 is 0 Å². The Balaban J connectivity index is 1.48. The van der Waals surface area contributed by atoms with Crippen molar-refractivity contribution >= 4 is 11.8 Å². The van der Waals surface area contributed by atoms with Crippen molar-refractivity contribution in [1.29, 1.82) is 0 Å². The molecule has 2 amide bonds. The Morgan fingerprint density at radius 1 is 1.18 bits per heavy atom. The largest absolute Gasteiger partial charge is 0.491 e. The van der Waals surface area contributed by atoms with Crippen LogP contribution in [0.5, 0.6) is 5.75 Å². The van der Waals surface area contributed by atoms with E-state index < -0.39 is 0 Å². The summed E-state index contributed by atoms with van der Waals surface area (Å²) in [5.74, 6) is 0.632. The number of rotatable bonds is 8. The zero-order valence-electron chi connectivity index (χ0n) is 16.8. The summed E-state index contributed by atoms with van der Waals surface area (Å²) in [6.07, 6.45) is 7.39. The Hall–Kier alpha value is -2.08. The Kier molecular flexibility index (Phi) is 7.71. The molecule has 0 bridgehead atoms. The minimum Gasteiger partial charge on any atom is -0.491 e. The number of nitrogens with one attached hydrogen (secondary N) is 1. The number of hydrogen-bond acceptors (Lipinski definition) is 4. The minimum atomic E-state index is -0.239. The highest BCUT2D eigenvalue weighted by Gasteiger charge is 2.37. The predicted octanol–water partition coefficient (Wildman–Crippen LogP) is 2.90. The van der Waals surface area contributed by atoms with Crippen LogP contribution in [0.3, 0.4) is 0 Å². The predicted molar refractivity (Wildman–Crippen MR) is 107 cm³/mol. The van der Waals surface area contributed by atoms with E-state index in [0.717, 1.165) is 24.2 Å². The topological polar surface area (TPSA) is 67.9 Å². The smallest absolute Gasteiger partial charge is 0.225 e. The second-order valence-corrected chi connectivity index (χ2v) is 7.80. The number of methoxy groups -OCH3 is 1. The molecule has 1 N–H and O–H groups in total. The van der Waals surface area contributed by atoms with Crippen molar-refractivity contribution in [2.75, 3.05) is 26.9 Å². The molecule has 6 nitrogen and oxygen atoms in total. The molecule has 0 aromatic heterocycles. The van der Waals surface area contributed by atoms with Crippen LogP contribution < -0.4 is 10.1 Å². The first-order chi connectivity index (χ1) is 13.7. The number of carbonyl (C=O) groups excluding carboxylic acids is 2. The summed E-state index contributed by atoms with van der Waals surface area (Å²) in [7, 11) is 1.64. The van der Waals surface area contributed by atoms with Crippen molar-refractivity contribution in [2.24, 2.45) is 5.92 Å². The van der Waals surface area contributed by atoms with Gasteiger partial charge in [0.15, 0.2) is 0 Å². The van der Waals surface area contributed by atoms with Gasteiger partial charge in [0, 0.05) is 32.7 Å². The molecule has 1 atom stereocenters. The monoisotopic (exact) mass is 388 g/mol. The lowest BCUT2D eigenvalue weighted by Crippen LogP contribution is -2.38. The highest BCUT2D eigenvalue weighted by molar-refractivity contribution is 5.89. The van der Waals surface area contributed by atoms with Crippen LogP contribution in [0.25, 0.3) is 0 Å². The van der Waals surface area contributed by atoms with E-state index in [-0.39, 0.29) is 17.7 Å². The summed E-state index contributed by atoms with van der Waals surface area (Å²) in [5, 5.41) is 2.99. The van der Waals surface area contributed by atoms with Gasteiger partial charge in [0.05, 0.1) is 12.5 Å². The Morgan fingerprint density at radius 3 is 2.71 bits per heavy atom. The molecule has 1 aliphatic heterocycles. The van der Waals surface area contributed by atoms with E-state index in [0.29, 0.717) is 38.8 Å². The van der Waals surface area contributed by atoms with Crippen LogP contribution >= 0.6 is 0 Å². The van der Waals surface area contributed by atoms with E-state index in [1.807, 2.05) is 29.2 Å². The Bertz CT molecular complexity index is 656. The maximum Gasteiger partial charge on any atom is 0.225 e. The van der Waals surface area contributed by atoms with Crippen molar-refractivity contribution in [3.8, 4) is 5.75 Å². The molecule has 1 aliphatic carbocycles. The van der Waals surface area contributed by atoms with Crippen LogP contribution in [0.15, 0.2) is 24.3 Å². The number of carbonyl (C=O) groups is 2. The van der Waals surface area contributed by atoms with Gasteiger partial charge in [-0.25, -0.2) is 0 Å². The fourth-order valence-corrected chi connectivity index (χ4v) is 4.15. The van der Waals surface area contributed by atoms with Crippen LogP contribution in [0.4, 0.5) is 0 Å². The van der Waals surface area contributed by atoms with Crippen molar-refractivity contribution < 1.29 is 19.1 Å². The molecular weight excluding hydrogens is 356 g/mol. The first-order valence-corrected chi connectivity index (χ1v) is 10.4. The van der Waals surface area contributed by atoms with Gasteiger partial charge in [-0.3, -0.25) is 9.59 Å². The van der Waals surface area contributed by atoms with Gasteiger partial charge in [0.1, 0.15) is 12.4 Å². The molecule has 0 spiro atoms. The SMILES string of the molecule is COCCOc1cccc(CNC(=O)C2CC(=O)N(C3CCCCCC3)C2)c1. The maximum atomic E-state index is 12.6. The molecule has 3 rings (SSSR count). The standard InChI is InChI=1S/C22H32N2O4/c1-27-11-12-28-20-10-6-7-17(13-20)15-23-22(26)18-14-21(25)24(16-18)19-8-4-2-3-5-9-19/h6-7,10,13,18-19H,2-5,8-9,11-12,14-16H2,1H3,(H,23,26). The first-order valence-electron chi connectivity index (χ1n) is 10.4. The average molecular weight is 389 g/mol. The second-order valence-electron chi connectivity index (χ2n) is 7.80. The van der Waals surface area contributed by atoms with Crippen LogP contribution in [-0.4, -0.2) is 49.6 Å². The molecule has 1 aromatic rings. The summed E-state index contributed by atoms with van der Waals surface area (Å²) in [6, 6.07) is 8.01. The first kappa shape index (κ1) is 20.6. The van der Waals surface area contributed by atoms with Crippen LogP contribution in [0, 0.1) is 5.92 Å². The zero-order chi connectivity index (χ0) is 19.8. The molecule has 1 aromatic carbocycles. The molecule has 6 heteroatoms. The van der Waals surface area contributed by atoms with E-state index in [1.165, 1.54) is 25.7 Å². The second kappa shape index (κ2) is 10.5. The fourth-order valence-electron chi connectivity index (χ4n) is 4.15. The molecule has 154 valence electrons. The van der Waals surface area contributed by atoms with Gasteiger partial charge in [-0.1, -0.05) is 37.8 Å².